The third-order valence-corrected chi connectivity index (χ3v) is 2.67. The van der Waals surface area contributed by atoms with Crippen LogP contribution in [0.2, 0.25) is 0 Å². The summed E-state index contributed by atoms with van der Waals surface area (Å²) in [5.74, 6) is -0.858. The topological polar surface area (TPSA) is 49.3 Å². The standard InChI is InChI=1S/C9H13NO2S/c1-3-4-10-8-6(2)13-5-7(8)9(11)12/h5,10H,3-4H2,1-2H3,(H,11,12). The molecule has 1 aromatic heterocycles. The Bertz CT molecular complexity index is 307. The fourth-order valence-corrected chi connectivity index (χ4v) is 1.90. The summed E-state index contributed by atoms with van der Waals surface area (Å²) in [6.07, 6.45) is 0.994. The lowest BCUT2D eigenvalue weighted by Gasteiger charge is -2.04. The number of carboxylic acid groups (broad SMARTS) is 1. The molecule has 0 saturated heterocycles. The van der Waals surface area contributed by atoms with Gasteiger partial charge in [0.25, 0.3) is 0 Å². The molecule has 72 valence electrons. The zero-order chi connectivity index (χ0) is 9.84. The molecule has 0 radical (unpaired) electrons. The van der Waals surface area contributed by atoms with Crippen LogP contribution < -0.4 is 5.32 Å². The fraction of sp³-hybridized carbons (Fsp3) is 0.444. The maximum absolute atomic E-state index is 10.8. The lowest BCUT2D eigenvalue weighted by Crippen LogP contribution is -2.05. The normalized spacial score (nSPS) is 10.0. The number of rotatable bonds is 4. The number of hydrogen-bond acceptors (Lipinski definition) is 3. The van der Waals surface area contributed by atoms with Crippen LogP contribution in [0.5, 0.6) is 0 Å². The SMILES string of the molecule is CCCNc1c(C(=O)O)csc1C. The van der Waals surface area contributed by atoms with E-state index in [1.807, 2.05) is 6.92 Å². The molecule has 4 heteroatoms. The van der Waals surface area contributed by atoms with Gasteiger partial charge in [-0.3, -0.25) is 0 Å². The summed E-state index contributed by atoms with van der Waals surface area (Å²) in [6, 6.07) is 0. The van der Waals surface area contributed by atoms with E-state index in [2.05, 4.69) is 12.2 Å². The highest BCUT2D eigenvalue weighted by Gasteiger charge is 2.13. The fourth-order valence-electron chi connectivity index (χ4n) is 1.08. The molecule has 1 aromatic rings. The lowest BCUT2D eigenvalue weighted by atomic mass is 10.2. The zero-order valence-electron chi connectivity index (χ0n) is 7.76. The van der Waals surface area contributed by atoms with E-state index >= 15 is 0 Å². The maximum Gasteiger partial charge on any atom is 0.338 e. The summed E-state index contributed by atoms with van der Waals surface area (Å²) >= 11 is 1.47. The first kappa shape index (κ1) is 10.1. The molecule has 0 fully saturated rings. The van der Waals surface area contributed by atoms with Gasteiger partial charge in [0.05, 0.1) is 11.3 Å². The third-order valence-electron chi connectivity index (χ3n) is 1.76. The van der Waals surface area contributed by atoms with Crippen molar-refractivity contribution in [3.05, 3.63) is 15.8 Å². The second-order valence-corrected chi connectivity index (χ2v) is 3.90. The van der Waals surface area contributed by atoms with Crippen molar-refractivity contribution >= 4 is 23.0 Å². The number of aryl methyl sites for hydroxylation is 1. The quantitative estimate of drug-likeness (QED) is 0.783. The molecule has 0 aliphatic heterocycles. The molecule has 0 unspecified atom stereocenters. The molecule has 1 rings (SSSR count). The smallest absolute Gasteiger partial charge is 0.338 e. The minimum atomic E-state index is -0.858. The van der Waals surface area contributed by atoms with Gasteiger partial charge in [0, 0.05) is 16.8 Å². The molecule has 0 aliphatic carbocycles. The Kier molecular flexibility index (Phi) is 3.31. The summed E-state index contributed by atoms with van der Waals surface area (Å²) < 4.78 is 0. The molecule has 13 heavy (non-hydrogen) atoms. The van der Waals surface area contributed by atoms with Crippen LogP contribution in [0.25, 0.3) is 0 Å². The van der Waals surface area contributed by atoms with E-state index in [1.165, 1.54) is 11.3 Å². The number of carboxylic acids is 1. The van der Waals surface area contributed by atoms with Gasteiger partial charge in [-0.1, -0.05) is 6.92 Å². The second kappa shape index (κ2) is 4.28. The van der Waals surface area contributed by atoms with Crippen LogP contribution >= 0.6 is 11.3 Å². The van der Waals surface area contributed by atoms with Gasteiger partial charge in [-0.05, 0) is 13.3 Å². The van der Waals surface area contributed by atoms with Crippen molar-refractivity contribution in [3.8, 4) is 0 Å². The Morgan fingerprint density at radius 2 is 2.38 bits per heavy atom. The molecule has 0 aromatic carbocycles. The average molecular weight is 199 g/mol. The molecular weight excluding hydrogens is 186 g/mol. The largest absolute Gasteiger partial charge is 0.478 e. The summed E-state index contributed by atoms with van der Waals surface area (Å²) in [6.45, 7) is 4.79. The minimum Gasteiger partial charge on any atom is -0.478 e. The average Bonchev–Trinajstić information content (AvgIpc) is 2.43. The van der Waals surface area contributed by atoms with E-state index in [0.29, 0.717) is 5.56 Å². The Morgan fingerprint density at radius 3 is 2.92 bits per heavy atom. The molecule has 0 aliphatic rings. The molecule has 0 saturated carbocycles. The Balaban J connectivity index is 2.88. The summed E-state index contributed by atoms with van der Waals surface area (Å²) in [5, 5.41) is 13.6. The van der Waals surface area contributed by atoms with Gasteiger partial charge >= 0.3 is 5.97 Å². The number of anilines is 1. The van der Waals surface area contributed by atoms with Crippen LogP contribution in [0.15, 0.2) is 5.38 Å². The number of hydrogen-bond donors (Lipinski definition) is 2. The van der Waals surface area contributed by atoms with E-state index in [9.17, 15) is 4.79 Å². The van der Waals surface area contributed by atoms with Gasteiger partial charge in [0.1, 0.15) is 0 Å². The first-order chi connectivity index (χ1) is 6.16. The van der Waals surface area contributed by atoms with Crippen LogP contribution in [0.1, 0.15) is 28.6 Å². The van der Waals surface area contributed by atoms with Crippen molar-refractivity contribution in [2.45, 2.75) is 20.3 Å². The highest BCUT2D eigenvalue weighted by Crippen LogP contribution is 2.27. The van der Waals surface area contributed by atoms with Gasteiger partial charge in [-0.25, -0.2) is 4.79 Å². The van der Waals surface area contributed by atoms with Crippen LogP contribution in [-0.2, 0) is 0 Å². The molecule has 1 heterocycles. The highest BCUT2D eigenvalue weighted by atomic mass is 32.1. The van der Waals surface area contributed by atoms with Gasteiger partial charge in [-0.2, -0.15) is 0 Å². The summed E-state index contributed by atoms with van der Waals surface area (Å²) in [4.78, 5) is 11.8. The van der Waals surface area contributed by atoms with Crippen LogP contribution in [0, 0.1) is 6.92 Å². The Morgan fingerprint density at radius 1 is 1.69 bits per heavy atom. The van der Waals surface area contributed by atoms with E-state index in [0.717, 1.165) is 23.5 Å². The molecule has 0 spiro atoms. The Labute approximate surface area is 81.4 Å². The van der Waals surface area contributed by atoms with Crippen molar-refractivity contribution in [1.82, 2.24) is 0 Å². The first-order valence-corrected chi connectivity index (χ1v) is 5.10. The van der Waals surface area contributed by atoms with Crippen LogP contribution in [-0.4, -0.2) is 17.6 Å². The molecule has 2 N–H and O–H groups in total. The number of thiophene rings is 1. The summed E-state index contributed by atoms with van der Waals surface area (Å²) in [5.41, 5.74) is 1.16. The third kappa shape index (κ3) is 2.21. The molecule has 3 nitrogen and oxygen atoms in total. The van der Waals surface area contributed by atoms with Crippen LogP contribution in [0.3, 0.4) is 0 Å². The van der Waals surface area contributed by atoms with Gasteiger partial charge in [0.2, 0.25) is 0 Å². The van der Waals surface area contributed by atoms with Crippen LogP contribution in [0.4, 0.5) is 5.69 Å². The number of aromatic carboxylic acids is 1. The van der Waals surface area contributed by atoms with Crippen molar-refractivity contribution in [2.75, 3.05) is 11.9 Å². The minimum absolute atomic E-state index is 0.385. The molecule has 0 bridgehead atoms. The Hall–Kier alpha value is -1.03. The monoisotopic (exact) mass is 199 g/mol. The highest BCUT2D eigenvalue weighted by molar-refractivity contribution is 7.10. The van der Waals surface area contributed by atoms with E-state index in [1.54, 1.807) is 5.38 Å². The van der Waals surface area contributed by atoms with E-state index in [4.69, 9.17) is 5.11 Å². The van der Waals surface area contributed by atoms with Gasteiger partial charge < -0.3 is 10.4 Å². The second-order valence-electron chi connectivity index (χ2n) is 2.81. The first-order valence-electron chi connectivity index (χ1n) is 4.22. The summed E-state index contributed by atoms with van der Waals surface area (Å²) in [7, 11) is 0. The van der Waals surface area contributed by atoms with Gasteiger partial charge in [-0.15, -0.1) is 11.3 Å². The van der Waals surface area contributed by atoms with E-state index in [-0.39, 0.29) is 0 Å². The zero-order valence-corrected chi connectivity index (χ0v) is 8.57. The predicted octanol–water partition coefficient (Wildman–Crippen LogP) is 2.58. The lowest BCUT2D eigenvalue weighted by molar-refractivity contribution is 0.0698. The van der Waals surface area contributed by atoms with Crippen molar-refractivity contribution in [3.63, 3.8) is 0 Å². The molecule has 0 atom stereocenters. The van der Waals surface area contributed by atoms with Crippen molar-refractivity contribution < 1.29 is 9.90 Å². The van der Waals surface area contributed by atoms with E-state index < -0.39 is 5.97 Å². The predicted molar refractivity (Wildman–Crippen MR) is 54.8 cm³/mol. The van der Waals surface area contributed by atoms with Gasteiger partial charge in [0.15, 0.2) is 0 Å². The maximum atomic E-state index is 10.8. The van der Waals surface area contributed by atoms with Crippen molar-refractivity contribution in [2.24, 2.45) is 0 Å². The molecular formula is C9H13NO2S. The number of nitrogens with one attached hydrogen (secondary N) is 1. The van der Waals surface area contributed by atoms with Crippen molar-refractivity contribution in [1.29, 1.82) is 0 Å². The number of carbonyl (C=O) groups is 1. The molecule has 0 amide bonds.